The quantitative estimate of drug-likeness (QED) is 0.147. The number of ketones is 1. The van der Waals surface area contributed by atoms with E-state index in [1.807, 2.05) is 0 Å². The molecule has 2 N–H and O–H groups in total. The van der Waals surface area contributed by atoms with E-state index in [0.717, 1.165) is 18.5 Å². The molecule has 0 amide bonds. The molecule has 0 aliphatic heterocycles. The molecule has 0 bridgehead atoms. The second-order valence-corrected chi connectivity index (χ2v) is 5.66. The summed E-state index contributed by atoms with van der Waals surface area (Å²) in [7, 11) is 0. The van der Waals surface area contributed by atoms with Gasteiger partial charge in [-0.15, -0.1) is 0 Å². The second-order valence-electron chi connectivity index (χ2n) is 5.28. The van der Waals surface area contributed by atoms with Crippen LogP contribution in [0.1, 0.15) is 17.3 Å². The van der Waals surface area contributed by atoms with Crippen LogP contribution < -0.4 is 5.73 Å². The van der Waals surface area contributed by atoms with E-state index in [9.17, 15) is 27.2 Å². The smallest absolute Gasteiger partial charge is 0.322 e. The van der Waals surface area contributed by atoms with E-state index in [1.165, 1.54) is 6.92 Å². The summed E-state index contributed by atoms with van der Waals surface area (Å²) >= 11 is 5.33. The number of nitrogens with two attached hydrogens (primary N) is 1. The number of carbonyl (C=O) groups excluding carboxylic acids is 2. The zero-order chi connectivity index (χ0) is 21.0. The van der Waals surface area contributed by atoms with Crippen LogP contribution in [-0.4, -0.2) is 29.6 Å². The number of carbonyl (C=O) groups is 2. The molecule has 28 heavy (non-hydrogen) atoms. The lowest BCUT2D eigenvalue weighted by Gasteiger charge is -2.12. The van der Waals surface area contributed by atoms with Gasteiger partial charge in [0.05, 0.1) is 24.1 Å². The summed E-state index contributed by atoms with van der Waals surface area (Å²) in [4.78, 5) is 31.9. The van der Waals surface area contributed by atoms with Gasteiger partial charge in [-0.25, -0.2) is 27.5 Å². The normalized spacial score (nSPS) is 12.2. The van der Waals surface area contributed by atoms with Gasteiger partial charge in [0.15, 0.2) is 40.8 Å². The fourth-order valence-electron chi connectivity index (χ4n) is 2.05. The topological polar surface area (TPSA) is 94.6 Å². The molecule has 0 saturated carbocycles. The standard InChI is InChI=1S/C17H12ClF4N3O3/c1-2-28-17(27)8(5-24-12-4-11(23)10(20)6-25-12)16(26)7-3-9(19)15(22)13(18)14(7)21/h3-6,8H,2H2,1H3,(H2,23,25). The van der Waals surface area contributed by atoms with Gasteiger partial charge in [0, 0.05) is 12.3 Å². The Hall–Kier alpha value is -3.01. The van der Waals surface area contributed by atoms with E-state index in [-0.39, 0.29) is 24.2 Å². The largest absolute Gasteiger partial charge is 0.465 e. The first-order chi connectivity index (χ1) is 13.2. The van der Waals surface area contributed by atoms with Gasteiger partial charge in [-0.05, 0) is 13.0 Å². The molecule has 0 fully saturated rings. The van der Waals surface area contributed by atoms with Crippen molar-refractivity contribution < 1.29 is 31.9 Å². The van der Waals surface area contributed by atoms with Crippen molar-refractivity contribution in [2.45, 2.75) is 6.92 Å². The Morgan fingerprint density at radius 1 is 1.25 bits per heavy atom. The molecule has 0 aliphatic carbocycles. The van der Waals surface area contributed by atoms with Gasteiger partial charge >= 0.3 is 5.97 Å². The lowest BCUT2D eigenvalue weighted by Crippen LogP contribution is -2.28. The molecule has 2 aromatic rings. The molecule has 6 nitrogen and oxygen atoms in total. The lowest BCUT2D eigenvalue weighted by atomic mass is 9.98. The number of hydrogen-bond acceptors (Lipinski definition) is 6. The Balaban J connectivity index is 2.46. The molecule has 148 valence electrons. The van der Waals surface area contributed by atoms with Gasteiger partial charge in [0.2, 0.25) is 0 Å². The predicted octanol–water partition coefficient (Wildman–Crippen LogP) is 3.64. The van der Waals surface area contributed by atoms with Gasteiger partial charge in [-0.1, -0.05) is 11.6 Å². The third kappa shape index (κ3) is 4.45. The number of esters is 1. The number of rotatable bonds is 6. The molecule has 0 spiro atoms. The van der Waals surface area contributed by atoms with Crippen molar-refractivity contribution in [1.29, 1.82) is 0 Å². The predicted molar refractivity (Wildman–Crippen MR) is 92.5 cm³/mol. The minimum absolute atomic E-state index is 0.126. The van der Waals surface area contributed by atoms with Crippen LogP contribution in [0.5, 0.6) is 0 Å². The molecule has 0 radical (unpaired) electrons. The Labute approximate surface area is 161 Å². The monoisotopic (exact) mass is 417 g/mol. The maximum absolute atomic E-state index is 14.1. The fraction of sp³-hybridized carbons (Fsp3) is 0.176. The number of benzene rings is 1. The Morgan fingerprint density at radius 3 is 2.54 bits per heavy atom. The number of hydrogen-bond donors (Lipinski definition) is 1. The number of ether oxygens (including phenoxy) is 1. The first kappa shape index (κ1) is 21.3. The van der Waals surface area contributed by atoms with E-state index in [4.69, 9.17) is 22.1 Å². The van der Waals surface area contributed by atoms with E-state index >= 15 is 0 Å². The Bertz CT molecular complexity index is 969. The first-order valence-electron chi connectivity index (χ1n) is 7.66. The zero-order valence-electron chi connectivity index (χ0n) is 14.2. The summed E-state index contributed by atoms with van der Waals surface area (Å²) in [5.41, 5.74) is 4.10. The van der Waals surface area contributed by atoms with Crippen molar-refractivity contribution >= 4 is 41.1 Å². The fourth-order valence-corrected chi connectivity index (χ4v) is 2.24. The molecule has 11 heteroatoms. The number of aliphatic imine (C=N–C) groups is 1. The van der Waals surface area contributed by atoms with E-state index < -0.39 is 51.5 Å². The Morgan fingerprint density at radius 2 is 1.93 bits per heavy atom. The minimum atomic E-state index is -1.83. The molecular formula is C17H12ClF4N3O3. The summed E-state index contributed by atoms with van der Waals surface area (Å²) in [5, 5.41) is -1.24. The summed E-state index contributed by atoms with van der Waals surface area (Å²) in [6, 6.07) is 1.29. The average molecular weight is 418 g/mol. The molecular weight excluding hydrogens is 406 g/mol. The molecule has 1 aromatic carbocycles. The highest BCUT2D eigenvalue weighted by Gasteiger charge is 2.32. The van der Waals surface area contributed by atoms with Crippen LogP contribution in [0, 0.1) is 29.2 Å². The summed E-state index contributed by atoms with van der Waals surface area (Å²) in [6.07, 6.45) is 1.51. The maximum atomic E-state index is 14.1. The van der Waals surface area contributed by atoms with Crippen molar-refractivity contribution in [3.05, 3.63) is 52.2 Å². The summed E-state index contributed by atoms with van der Waals surface area (Å²) < 4.78 is 58.9. The highest BCUT2D eigenvalue weighted by Crippen LogP contribution is 2.27. The number of anilines is 1. The SMILES string of the molecule is CCOC(=O)C(C=Nc1cc(N)c(F)cn1)C(=O)c1cc(F)c(F)c(Cl)c1F. The highest BCUT2D eigenvalue weighted by molar-refractivity contribution is 6.31. The zero-order valence-corrected chi connectivity index (χ0v) is 14.9. The number of aromatic nitrogens is 1. The van der Waals surface area contributed by atoms with Crippen LogP contribution in [0.3, 0.4) is 0 Å². The van der Waals surface area contributed by atoms with Gasteiger partial charge in [0.1, 0.15) is 5.02 Å². The van der Waals surface area contributed by atoms with Gasteiger partial charge in [-0.2, -0.15) is 0 Å². The molecule has 2 rings (SSSR count). The molecule has 0 saturated heterocycles. The second kappa shape index (κ2) is 8.79. The van der Waals surface area contributed by atoms with Gasteiger partial charge in [0.25, 0.3) is 0 Å². The third-order valence-electron chi connectivity index (χ3n) is 3.42. The summed E-state index contributed by atoms with van der Waals surface area (Å²) in [5.74, 6) is -10.0. The van der Waals surface area contributed by atoms with Crippen molar-refractivity contribution in [3.8, 4) is 0 Å². The van der Waals surface area contributed by atoms with Crippen LogP contribution in [0.2, 0.25) is 5.02 Å². The summed E-state index contributed by atoms with van der Waals surface area (Å²) in [6.45, 7) is 1.33. The van der Waals surface area contributed by atoms with Crippen molar-refractivity contribution in [2.24, 2.45) is 10.9 Å². The molecule has 1 aromatic heterocycles. The third-order valence-corrected chi connectivity index (χ3v) is 3.75. The molecule has 1 atom stereocenters. The maximum Gasteiger partial charge on any atom is 0.322 e. The molecule has 1 heterocycles. The number of Topliss-reactive ketones (excluding diaryl/α,β-unsaturated/α-hetero) is 1. The molecule has 0 aliphatic rings. The average Bonchev–Trinajstić information content (AvgIpc) is 2.66. The van der Waals surface area contributed by atoms with E-state index in [2.05, 4.69) is 9.98 Å². The van der Waals surface area contributed by atoms with Gasteiger partial charge in [-0.3, -0.25) is 9.59 Å². The highest BCUT2D eigenvalue weighted by atomic mass is 35.5. The van der Waals surface area contributed by atoms with Crippen molar-refractivity contribution in [3.63, 3.8) is 0 Å². The number of pyridine rings is 1. The number of nitrogens with zero attached hydrogens (tertiary/aromatic N) is 2. The van der Waals surface area contributed by atoms with Crippen molar-refractivity contribution in [1.82, 2.24) is 4.98 Å². The lowest BCUT2D eigenvalue weighted by molar-refractivity contribution is -0.143. The van der Waals surface area contributed by atoms with Gasteiger partial charge < -0.3 is 10.5 Å². The number of halogens is 5. The Kier molecular flexibility index (Phi) is 6.68. The number of nitrogen functional groups attached to an aromatic ring is 1. The van der Waals surface area contributed by atoms with Crippen LogP contribution in [0.4, 0.5) is 29.1 Å². The van der Waals surface area contributed by atoms with Crippen LogP contribution in [0.25, 0.3) is 0 Å². The van der Waals surface area contributed by atoms with Crippen molar-refractivity contribution in [2.75, 3.05) is 12.3 Å². The van der Waals surface area contributed by atoms with Crippen LogP contribution in [0.15, 0.2) is 23.3 Å². The van der Waals surface area contributed by atoms with Crippen LogP contribution >= 0.6 is 11.6 Å². The van der Waals surface area contributed by atoms with E-state index in [1.54, 1.807) is 0 Å². The van der Waals surface area contributed by atoms with E-state index in [0.29, 0.717) is 0 Å². The van der Waals surface area contributed by atoms with Crippen LogP contribution in [-0.2, 0) is 9.53 Å². The first-order valence-corrected chi connectivity index (χ1v) is 8.04. The minimum Gasteiger partial charge on any atom is -0.465 e. The molecule has 1 unspecified atom stereocenters.